The average Bonchev–Trinajstić information content (AvgIpc) is 4.03. The van der Waals surface area contributed by atoms with Crippen LogP contribution in [0.4, 0.5) is 0 Å². The Hall–Kier alpha value is -7.33. The summed E-state index contributed by atoms with van der Waals surface area (Å²) in [6, 6.07) is 66.8. The fourth-order valence-electron chi connectivity index (χ4n) is 10.1. The molecule has 0 bridgehead atoms. The maximum Gasteiger partial charge on any atom is 2.00 e. The third-order valence-corrected chi connectivity index (χ3v) is 13.9. The van der Waals surface area contributed by atoms with Crippen molar-refractivity contribution in [2.24, 2.45) is 0 Å². The normalized spacial score (nSPS) is 11.9. The molecule has 4 aromatic heterocycles. The molecule has 12 aromatic rings. The van der Waals surface area contributed by atoms with Crippen LogP contribution in [-0.2, 0) is 26.5 Å². The second kappa shape index (κ2) is 16.0. The quantitative estimate of drug-likeness (QED) is 0.150. The van der Waals surface area contributed by atoms with Crippen molar-refractivity contribution in [2.75, 3.05) is 0 Å². The standard InChI is InChI=1S/C60H45N5.Pt/c1-37-32-51-56(39(3)38(37)2)49-33-42(40-18-9-6-10-19-40)34-50(57(49)62-51)59-63-58-46(24-17-25-53(58)64(59)45-22-13-8-14-23-45)41-27-29-47-48-36-44(60(4,5)43-20-11-7-12-21-43)28-30-52(48)65(54(47)35-41)55-26-15-16-31-61-55;/h6-34,36H,1-5H3;/q-2;+2. The number of para-hydroxylation sites is 2. The first-order chi connectivity index (χ1) is 31.7. The number of benzene rings is 8. The van der Waals surface area contributed by atoms with E-state index < -0.39 is 0 Å². The number of imidazole rings is 1. The molecule has 0 amide bonds. The van der Waals surface area contributed by atoms with E-state index in [1.54, 1.807) is 0 Å². The molecule has 0 aliphatic carbocycles. The van der Waals surface area contributed by atoms with Gasteiger partial charge in [-0.2, -0.15) is 0 Å². The molecule has 0 N–H and O–H groups in total. The van der Waals surface area contributed by atoms with Crippen LogP contribution in [0.25, 0.3) is 99.8 Å². The SMILES string of the molecule is Cc1cc2[n-]c3c(-c4nc5c(-c6[c-]c7c(cc6)c6cc(C(C)(C)c8ccccc8)ccc6n7-c6ccccn6)cccc5n4-c4ccccc4)cc(-c4ccccc4)cc3c2c(C)c1C.[Pt+2]. The smallest absolute Gasteiger partial charge is 0.656 e. The number of pyridine rings is 1. The molecular formula is C60H45N5Pt. The molecule has 4 heterocycles. The van der Waals surface area contributed by atoms with Gasteiger partial charge in [0.15, 0.2) is 0 Å². The molecule has 0 saturated carbocycles. The van der Waals surface area contributed by atoms with E-state index in [0.717, 1.165) is 89.0 Å². The molecular weight excluding hydrogens is 986 g/mol. The van der Waals surface area contributed by atoms with Crippen LogP contribution in [0.15, 0.2) is 182 Å². The van der Waals surface area contributed by atoms with E-state index in [1.807, 2.05) is 18.3 Å². The van der Waals surface area contributed by atoms with Crippen LogP contribution in [0.3, 0.4) is 0 Å². The summed E-state index contributed by atoms with van der Waals surface area (Å²) in [6.07, 6.45) is 1.86. The zero-order valence-corrected chi connectivity index (χ0v) is 39.6. The van der Waals surface area contributed by atoms with Gasteiger partial charge in [-0.1, -0.05) is 140 Å². The molecule has 0 fully saturated rings. The Balaban J connectivity index is 0.00000481. The molecule has 0 unspecified atom stereocenters. The van der Waals surface area contributed by atoms with Gasteiger partial charge in [0.25, 0.3) is 0 Å². The largest absolute Gasteiger partial charge is 2.00 e. The van der Waals surface area contributed by atoms with Gasteiger partial charge in [-0.3, -0.25) is 4.57 Å². The monoisotopic (exact) mass is 1030 g/mol. The predicted molar refractivity (Wildman–Crippen MR) is 269 cm³/mol. The molecule has 0 saturated heterocycles. The predicted octanol–water partition coefficient (Wildman–Crippen LogP) is 14.8. The van der Waals surface area contributed by atoms with Gasteiger partial charge in [0.05, 0.1) is 11.0 Å². The van der Waals surface area contributed by atoms with Crippen molar-refractivity contribution in [2.45, 2.75) is 40.0 Å². The van der Waals surface area contributed by atoms with Crippen molar-refractivity contribution in [1.82, 2.24) is 24.1 Å². The summed E-state index contributed by atoms with van der Waals surface area (Å²) in [5.41, 5.74) is 18.3. The summed E-state index contributed by atoms with van der Waals surface area (Å²) in [4.78, 5) is 16.0. The van der Waals surface area contributed by atoms with E-state index >= 15 is 0 Å². The van der Waals surface area contributed by atoms with Crippen LogP contribution >= 0.6 is 0 Å². The Bertz CT molecular complexity index is 3810. The molecule has 6 heteroatoms. The first-order valence-corrected chi connectivity index (χ1v) is 22.4. The first kappa shape index (κ1) is 41.4. The van der Waals surface area contributed by atoms with Crippen LogP contribution in [-0.4, -0.2) is 19.1 Å². The van der Waals surface area contributed by atoms with Gasteiger partial charge in [0.2, 0.25) is 0 Å². The van der Waals surface area contributed by atoms with E-state index in [4.69, 9.17) is 15.0 Å². The number of hydrogen-bond acceptors (Lipinski definition) is 2. The zero-order chi connectivity index (χ0) is 44.0. The number of aromatic nitrogens is 5. The summed E-state index contributed by atoms with van der Waals surface area (Å²) in [7, 11) is 0. The van der Waals surface area contributed by atoms with Gasteiger partial charge in [0, 0.05) is 28.4 Å². The molecule has 0 spiro atoms. The molecule has 8 aromatic carbocycles. The molecule has 0 atom stereocenters. The van der Waals surface area contributed by atoms with Gasteiger partial charge in [-0.15, -0.1) is 34.8 Å². The summed E-state index contributed by atoms with van der Waals surface area (Å²) < 4.78 is 4.56. The van der Waals surface area contributed by atoms with Gasteiger partial charge < -0.3 is 9.55 Å². The fraction of sp³-hybridized carbons (Fsp3) is 0.100. The number of nitrogens with zero attached hydrogens (tertiary/aromatic N) is 5. The Kier molecular flexibility index (Phi) is 10.0. The van der Waals surface area contributed by atoms with Crippen LogP contribution < -0.4 is 4.98 Å². The Morgan fingerprint density at radius 3 is 2.06 bits per heavy atom. The molecule has 12 rings (SSSR count). The van der Waals surface area contributed by atoms with Crippen molar-refractivity contribution < 1.29 is 21.1 Å². The van der Waals surface area contributed by atoms with Gasteiger partial charge in [-0.25, -0.2) is 9.97 Å². The Morgan fingerprint density at radius 1 is 0.561 bits per heavy atom. The summed E-state index contributed by atoms with van der Waals surface area (Å²) in [6.45, 7) is 11.2. The van der Waals surface area contributed by atoms with Crippen LogP contribution in [0, 0.1) is 26.8 Å². The number of hydrogen-bond donors (Lipinski definition) is 0. The minimum atomic E-state index is -0.197. The van der Waals surface area contributed by atoms with Crippen molar-refractivity contribution in [3.8, 4) is 45.1 Å². The van der Waals surface area contributed by atoms with Gasteiger partial charge >= 0.3 is 21.1 Å². The first-order valence-electron chi connectivity index (χ1n) is 22.4. The Labute approximate surface area is 398 Å². The summed E-state index contributed by atoms with van der Waals surface area (Å²) in [5, 5.41) is 4.63. The minimum absolute atomic E-state index is 0. The second-order valence-electron chi connectivity index (χ2n) is 17.9. The van der Waals surface area contributed by atoms with Crippen molar-refractivity contribution >= 4 is 54.6 Å². The minimum Gasteiger partial charge on any atom is -0.656 e. The molecule has 5 nitrogen and oxygen atoms in total. The second-order valence-corrected chi connectivity index (χ2v) is 17.9. The van der Waals surface area contributed by atoms with E-state index in [0.29, 0.717) is 0 Å². The number of rotatable bonds is 7. The third-order valence-electron chi connectivity index (χ3n) is 13.9. The number of fused-ring (bicyclic) bond motifs is 7. The van der Waals surface area contributed by atoms with E-state index in [9.17, 15) is 0 Å². The van der Waals surface area contributed by atoms with E-state index in [1.165, 1.54) is 38.6 Å². The Morgan fingerprint density at radius 2 is 1.30 bits per heavy atom. The van der Waals surface area contributed by atoms with E-state index in [-0.39, 0.29) is 26.5 Å². The maximum absolute atomic E-state index is 5.70. The van der Waals surface area contributed by atoms with Gasteiger partial charge in [0.1, 0.15) is 11.6 Å². The molecule has 320 valence electrons. The average molecular weight is 1030 g/mol. The third kappa shape index (κ3) is 6.48. The van der Waals surface area contributed by atoms with Crippen LogP contribution in [0.2, 0.25) is 0 Å². The van der Waals surface area contributed by atoms with Crippen molar-refractivity contribution in [3.63, 3.8) is 0 Å². The topological polar surface area (TPSA) is 49.7 Å². The van der Waals surface area contributed by atoms with Crippen molar-refractivity contribution in [1.29, 1.82) is 0 Å². The van der Waals surface area contributed by atoms with Crippen LogP contribution in [0.5, 0.6) is 0 Å². The summed E-state index contributed by atoms with van der Waals surface area (Å²) >= 11 is 0. The molecule has 66 heavy (non-hydrogen) atoms. The zero-order valence-electron chi connectivity index (χ0n) is 37.4. The fourth-order valence-corrected chi connectivity index (χ4v) is 10.1. The molecule has 0 aliphatic heterocycles. The van der Waals surface area contributed by atoms with Crippen molar-refractivity contribution in [3.05, 3.63) is 216 Å². The molecule has 0 aliphatic rings. The van der Waals surface area contributed by atoms with Crippen LogP contribution in [0.1, 0.15) is 41.7 Å². The maximum atomic E-state index is 5.70. The number of aryl methyl sites for hydroxylation is 2. The summed E-state index contributed by atoms with van der Waals surface area (Å²) in [5.74, 6) is 1.69. The van der Waals surface area contributed by atoms with E-state index in [2.05, 4.69) is 214 Å². The molecule has 0 radical (unpaired) electrons. The van der Waals surface area contributed by atoms with Gasteiger partial charge in [-0.05, 0) is 130 Å².